The van der Waals surface area contributed by atoms with Gasteiger partial charge in [-0.1, -0.05) is 44.2 Å². The average molecular weight is 216 g/mol. The molecule has 0 heterocycles. The van der Waals surface area contributed by atoms with Crippen molar-refractivity contribution in [1.29, 1.82) is 0 Å². The molecule has 0 saturated carbocycles. The zero-order valence-corrected chi connectivity index (χ0v) is 9.60. The highest BCUT2D eigenvalue weighted by atomic mass is 16.3. The predicted molar refractivity (Wildman–Crippen MR) is 66.8 cm³/mol. The van der Waals surface area contributed by atoms with Crippen LogP contribution in [0.2, 0.25) is 0 Å². The summed E-state index contributed by atoms with van der Waals surface area (Å²) in [5.74, 6) is 0.750. The van der Waals surface area contributed by atoms with Crippen LogP contribution in [0.4, 0.5) is 0 Å². The zero-order chi connectivity index (χ0) is 12.1. The van der Waals surface area contributed by atoms with Gasteiger partial charge < -0.3 is 9.90 Å². The second kappa shape index (κ2) is 5.31. The first-order valence-corrected chi connectivity index (χ1v) is 5.19. The molecule has 2 aromatic carbocycles. The lowest BCUT2D eigenvalue weighted by Crippen LogP contribution is -1.90. The first-order valence-electron chi connectivity index (χ1n) is 5.19. The molecule has 0 aliphatic heterocycles. The van der Waals surface area contributed by atoms with Gasteiger partial charge in [-0.05, 0) is 22.8 Å². The van der Waals surface area contributed by atoms with E-state index in [0.717, 1.165) is 10.9 Å². The molecule has 0 spiro atoms. The van der Waals surface area contributed by atoms with Gasteiger partial charge in [-0.25, -0.2) is 0 Å². The lowest BCUT2D eigenvalue weighted by molar-refractivity contribution is -0.0979. The van der Waals surface area contributed by atoms with Gasteiger partial charge >= 0.3 is 0 Å². The van der Waals surface area contributed by atoms with Crippen molar-refractivity contribution in [2.45, 2.75) is 19.8 Å². The number of phenolic OH excluding ortho intramolecular Hbond substituents is 1. The monoisotopic (exact) mass is 216 g/mol. The zero-order valence-electron chi connectivity index (χ0n) is 9.60. The average Bonchev–Trinajstić information content (AvgIpc) is 2.31. The fourth-order valence-corrected chi connectivity index (χ4v) is 1.89. The Kier molecular flexibility index (Phi) is 4.06. The van der Waals surface area contributed by atoms with Gasteiger partial charge in [-0.3, -0.25) is 0 Å². The maximum atomic E-state index is 9.78. The molecule has 0 atom stereocenters. The van der Waals surface area contributed by atoms with Gasteiger partial charge in [0.25, 0.3) is 0 Å². The van der Waals surface area contributed by atoms with E-state index in [2.05, 4.69) is 26.0 Å². The Hall–Kier alpha value is -1.83. The lowest BCUT2D eigenvalue weighted by atomic mass is 9.95. The minimum atomic E-state index is 0.348. The molecule has 1 N–H and O–H groups in total. The third-order valence-corrected chi connectivity index (χ3v) is 2.53. The Labute approximate surface area is 95.5 Å². The highest BCUT2D eigenvalue weighted by Crippen LogP contribution is 2.32. The van der Waals surface area contributed by atoms with Crippen molar-refractivity contribution < 1.29 is 9.90 Å². The van der Waals surface area contributed by atoms with Crippen LogP contribution in [0.5, 0.6) is 5.75 Å². The Morgan fingerprint density at radius 1 is 1.06 bits per heavy atom. The van der Waals surface area contributed by atoms with Crippen molar-refractivity contribution in [2.75, 3.05) is 0 Å². The van der Waals surface area contributed by atoms with Crippen LogP contribution in [0.15, 0.2) is 36.4 Å². The van der Waals surface area contributed by atoms with Crippen LogP contribution in [0.3, 0.4) is 0 Å². The van der Waals surface area contributed by atoms with Gasteiger partial charge in [-0.15, -0.1) is 0 Å². The molecule has 84 valence electrons. The largest absolute Gasteiger partial charge is 0.508 e. The molecule has 2 aromatic rings. The SMILES string of the molecule is C=O.CC(C)c1c(O)ccc2ccccc12. The van der Waals surface area contributed by atoms with Gasteiger partial charge in [-0.2, -0.15) is 0 Å². The molecule has 0 aliphatic rings. The van der Waals surface area contributed by atoms with E-state index in [0.29, 0.717) is 11.7 Å². The second-order valence-electron chi connectivity index (χ2n) is 3.87. The number of benzene rings is 2. The summed E-state index contributed by atoms with van der Waals surface area (Å²) in [6.45, 7) is 6.20. The van der Waals surface area contributed by atoms with Crippen molar-refractivity contribution in [3.8, 4) is 5.75 Å². The molecular weight excluding hydrogens is 200 g/mol. The van der Waals surface area contributed by atoms with E-state index in [1.807, 2.05) is 25.0 Å². The van der Waals surface area contributed by atoms with Crippen LogP contribution < -0.4 is 0 Å². The van der Waals surface area contributed by atoms with Crippen molar-refractivity contribution in [3.05, 3.63) is 42.0 Å². The quantitative estimate of drug-likeness (QED) is 0.792. The van der Waals surface area contributed by atoms with E-state index in [9.17, 15) is 5.11 Å². The van der Waals surface area contributed by atoms with Crippen molar-refractivity contribution >= 4 is 17.6 Å². The lowest BCUT2D eigenvalue weighted by Gasteiger charge is -2.11. The molecule has 0 fully saturated rings. The molecule has 0 bridgehead atoms. The Bertz CT molecular complexity index is 475. The first kappa shape index (κ1) is 12.2. The van der Waals surface area contributed by atoms with Gasteiger partial charge in [0.15, 0.2) is 0 Å². The topological polar surface area (TPSA) is 37.3 Å². The Balaban J connectivity index is 0.000000606. The maximum Gasteiger partial charge on any atom is 0.119 e. The molecule has 0 radical (unpaired) electrons. The third kappa shape index (κ3) is 2.22. The molecule has 0 aromatic heterocycles. The number of phenols is 1. The number of fused-ring (bicyclic) bond motifs is 1. The van der Waals surface area contributed by atoms with Crippen LogP contribution in [-0.4, -0.2) is 11.9 Å². The summed E-state index contributed by atoms with van der Waals surface area (Å²) in [6.07, 6.45) is 0. The molecule has 0 aliphatic carbocycles. The smallest absolute Gasteiger partial charge is 0.119 e. The minimum absolute atomic E-state index is 0.348. The van der Waals surface area contributed by atoms with E-state index >= 15 is 0 Å². The highest BCUT2D eigenvalue weighted by Gasteiger charge is 2.09. The van der Waals surface area contributed by atoms with Gasteiger partial charge in [0, 0.05) is 5.56 Å². The van der Waals surface area contributed by atoms with E-state index in [4.69, 9.17) is 4.79 Å². The number of hydrogen-bond donors (Lipinski definition) is 1. The summed E-state index contributed by atoms with van der Waals surface area (Å²) in [6, 6.07) is 11.9. The number of rotatable bonds is 1. The summed E-state index contributed by atoms with van der Waals surface area (Å²) in [4.78, 5) is 8.00. The number of aromatic hydroxyl groups is 1. The molecule has 16 heavy (non-hydrogen) atoms. The Morgan fingerprint density at radius 2 is 1.69 bits per heavy atom. The summed E-state index contributed by atoms with van der Waals surface area (Å²) >= 11 is 0. The second-order valence-corrected chi connectivity index (χ2v) is 3.87. The van der Waals surface area contributed by atoms with Crippen molar-refractivity contribution in [1.82, 2.24) is 0 Å². The van der Waals surface area contributed by atoms with Crippen LogP contribution in [0, 0.1) is 0 Å². The molecule has 0 unspecified atom stereocenters. The molecular formula is C14H16O2. The first-order chi connectivity index (χ1) is 7.70. The predicted octanol–water partition coefficient (Wildman–Crippen LogP) is 3.48. The van der Waals surface area contributed by atoms with E-state index < -0.39 is 0 Å². The highest BCUT2D eigenvalue weighted by molar-refractivity contribution is 5.88. The number of carbonyl (C=O) groups is 1. The fourth-order valence-electron chi connectivity index (χ4n) is 1.89. The van der Waals surface area contributed by atoms with Crippen molar-refractivity contribution in [2.24, 2.45) is 0 Å². The van der Waals surface area contributed by atoms with E-state index in [1.54, 1.807) is 6.07 Å². The normalized spacial score (nSPS) is 9.94. The standard InChI is InChI=1S/C13H14O.CH2O/c1-9(2)13-11-6-4-3-5-10(11)7-8-12(13)14;1-2/h3-9,14H,1-2H3;1H2. The summed E-state index contributed by atoms with van der Waals surface area (Å²) in [5, 5.41) is 12.1. The molecule has 0 saturated heterocycles. The summed E-state index contributed by atoms with van der Waals surface area (Å²) in [5.41, 5.74) is 1.04. The maximum absolute atomic E-state index is 9.78. The van der Waals surface area contributed by atoms with E-state index in [-0.39, 0.29) is 0 Å². The van der Waals surface area contributed by atoms with E-state index in [1.165, 1.54) is 5.39 Å². The van der Waals surface area contributed by atoms with Gasteiger partial charge in [0.1, 0.15) is 12.5 Å². The van der Waals surface area contributed by atoms with Crippen LogP contribution >= 0.6 is 0 Å². The Morgan fingerprint density at radius 3 is 2.31 bits per heavy atom. The number of carbonyl (C=O) groups excluding carboxylic acids is 1. The molecule has 0 amide bonds. The van der Waals surface area contributed by atoms with Crippen LogP contribution in [0.25, 0.3) is 10.8 Å². The summed E-state index contributed by atoms with van der Waals surface area (Å²) < 4.78 is 0. The third-order valence-electron chi connectivity index (χ3n) is 2.53. The fraction of sp³-hybridized carbons (Fsp3) is 0.214. The molecule has 2 heteroatoms. The number of hydrogen-bond acceptors (Lipinski definition) is 2. The molecule has 2 rings (SSSR count). The summed E-state index contributed by atoms with van der Waals surface area (Å²) in [7, 11) is 0. The van der Waals surface area contributed by atoms with Crippen LogP contribution in [-0.2, 0) is 4.79 Å². The van der Waals surface area contributed by atoms with Gasteiger partial charge in [0.2, 0.25) is 0 Å². The van der Waals surface area contributed by atoms with Gasteiger partial charge in [0.05, 0.1) is 0 Å². The van der Waals surface area contributed by atoms with Crippen molar-refractivity contribution in [3.63, 3.8) is 0 Å². The minimum Gasteiger partial charge on any atom is -0.508 e. The molecule has 2 nitrogen and oxygen atoms in total. The van der Waals surface area contributed by atoms with Crippen LogP contribution in [0.1, 0.15) is 25.3 Å².